The highest BCUT2D eigenvalue weighted by Gasteiger charge is 2.20. The lowest BCUT2D eigenvalue weighted by molar-refractivity contribution is 0.131. The van der Waals surface area contributed by atoms with E-state index in [-0.39, 0.29) is 0 Å². The van der Waals surface area contributed by atoms with Crippen molar-refractivity contribution in [2.24, 2.45) is 5.92 Å². The van der Waals surface area contributed by atoms with Crippen LogP contribution in [0, 0.1) is 5.92 Å². The average Bonchev–Trinajstić information content (AvgIpc) is 2.51. The largest absolute Gasteiger partial charge is 0.493 e. The van der Waals surface area contributed by atoms with Crippen molar-refractivity contribution < 1.29 is 9.47 Å². The summed E-state index contributed by atoms with van der Waals surface area (Å²) in [4.78, 5) is 0. The van der Waals surface area contributed by atoms with Crippen molar-refractivity contribution in [3.63, 3.8) is 0 Å². The molecule has 0 unspecified atom stereocenters. The van der Waals surface area contributed by atoms with E-state index in [2.05, 4.69) is 37.4 Å². The first-order valence-corrected chi connectivity index (χ1v) is 8.27. The van der Waals surface area contributed by atoms with Gasteiger partial charge in [-0.2, -0.15) is 0 Å². The summed E-state index contributed by atoms with van der Waals surface area (Å²) in [6.45, 7) is 6.43. The van der Waals surface area contributed by atoms with Crippen LogP contribution in [0.3, 0.4) is 0 Å². The van der Waals surface area contributed by atoms with Gasteiger partial charge in [-0.15, -0.1) is 0 Å². The molecule has 1 aromatic carbocycles. The molecule has 0 amide bonds. The third-order valence-electron chi connectivity index (χ3n) is 4.24. The molecular weight excluding hydrogens is 262 g/mol. The van der Waals surface area contributed by atoms with E-state index in [9.17, 15) is 0 Å². The Morgan fingerprint density at radius 1 is 1.14 bits per heavy atom. The van der Waals surface area contributed by atoms with Gasteiger partial charge in [-0.05, 0) is 62.3 Å². The number of nitrogens with one attached hydrogen (secondary N) is 1. The highest BCUT2D eigenvalue weighted by molar-refractivity contribution is 5.43. The van der Waals surface area contributed by atoms with Gasteiger partial charge in [-0.1, -0.05) is 19.9 Å². The molecule has 1 saturated carbocycles. The van der Waals surface area contributed by atoms with E-state index >= 15 is 0 Å². The molecule has 0 aromatic heterocycles. The predicted molar refractivity (Wildman–Crippen MR) is 87.0 cm³/mol. The normalized spacial score (nSPS) is 22.0. The molecule has 118 valence electrons. The topological polar surface area (TPSA) is 30.5 Å². The molecule has 1 aromatic rings. The molecule has 1 aliphatic rings. The van der Waals surface area contributed by atoms with Crippen molar-refractivity contribution in [1.82, 2.24) is 5.32 Å². The summed E-state index contributed by atoms with van der Waals surface area (Å²) in [5, 5.41) is 3.41. The van der Waals surface area contributed by atoms with Gasteiger partial charge in [0.2, 0.25) is 0 Å². The number of rotatable bonds is 7. The van der Waals surface area contributed by atoms with Crippen LogP contribution in [-0.4, -0.2) is 19.8 Å². The number of methoxy groups -OCH3 is 1. The fraction of sp³-hybridized carbons (Fsp3) is 0.667. The van der Waals surface area contributed by atoms with E-state index in [0.717, 1.165) is 49.8 Å². The number of ether oxygens (including phenoxy) is 2. The van der Waals surface area contributed by atoms with Gasteiger partial charge < -0.3 is 14.8 Å². The summed E-state index contributed by atoms with van der Waals surface area (Å²) >= 11 is 0. The van der Waals surface area contributed by atoms with E-state index in [4.69, 9.17) is 9.47 Å². The summed E-state index contributed by atoms with van der Waals surface area (Å²) in [5.74, 6) is 2.58. The van der Waals surface area contributed by atoms with Crippen molar-refractivity contribution in [2.45, 2.75) is 58.6 Å². The second-order valence-electron chi connectivity index (χ2n) is 6.16. The first-order chi connectivity index (χ1) is 10.2. The minimum atomic E-state index is 0.346. The van der Waals surface area contributed by atoms with Crippen LogP contribution in [0.25, 0.3) is 0 Å². The minimum Gasteiger partial charge on any atom is -0.493 e. The summed E-state index contributed by atoms with van der Waals surface area (Å²) in [6.07, 6.45) is 6.35. The van der Waals surface area contributed by atoms with Crippen LogP contribution >= 0.6 is 0 Å². The Morgan fingerprint density at radius 3 is 2.57 bits per heavy atom. The zero-order chi connectivity index (χ0) is 15.1. The predicted octanol–water partition coefficient (Wildman–Crippen LogP) is 4.15. The molecule has 1 aliphatic carbocycles. The Labute approximate surface area is 129 Å². The molecule has 0 atom stereocenters. The third-order valence-corrected chi connectivity index (χ3v) is 4.24. The van der Waals surface area contributed by atoms with Gasteiger partial charge in [0, 0.05) is 6.54 Å². The Bertz CT molecular complexity index is 425. The van der Waals surface area contributed by atoms with Gasteiger partial charge in [-0.25, -0.2) is 0 Å². The second-order valence-corrected chi connectivity index (χ2v) is 6.16. The van der Waals surface area contributed by atoms with Crippen molar-refractivity contribution >= 4 is 0 Å². The third kappa shape index (κ3) is 4.92. The summed E-state index contributed by atoms with van der Waals surface area (Å²) < 4.78 is 11.7. The molecule has 3 nitrogen and oxygen atoms in total. The quantitative estimate of drug-likeness (QED) is 0.765. The maximum absolute atomic E-state index is 6.16. The van der Waals surface area contributed by atoms with Gasteiger partial charge in [-0.3, -0.25) is 0 Å². The van der Waals surface area contributed by atoms with Crippen molar-refractivity contribution in [3.8, 4) is 11.5 Å². The molecule has 3 heteroatoms. The molecule has 0 radical (unpaired) electrons. The molecule has 0 spiro atoms. The fourth-order valence-electron chi connectivity index (χ4n) is 2.86. The van der Waals surface area contributed by atoms with Crippen LogP contribution in [0.4, 0.5) is 0 Å². The molecular formula is C18H29NO2. The number of benzene rings is 1. The van der Waals surface area contributed by atoms with Gasteiger partial charge in [0.25, 0.3) is 0 Å². The van der Waals surface area contributed by atoms with Crippen LogP contribution in [0.2, 0.25) is 0 Å². The zero-order valence-electron chi connectivity index (χ0n) is 13.7. The SMILES string of the molecule is CCCNCc1ccc(OC2CCC(C)CC2)c(OC)c1. The van der Waals surface area contributed by atoms with Gasteiger partial charge in [0.1, 0.15) is 0 Å². The highest BCUT2D eigenvalue weighted by Crippen LogP contribution is 2.33. The Morgan fingerprint density at radius 2 is 1.90 bits per heavy atom. The van der Waals surface area contributed by atoms with Crippen LogP contribution in [-0.2, 0) is 6.54 Å². The van der Waals surface area contributed by atoms with E-state index in [1.165, 1.54) is 18.4 Å². The van der Waals surface area contributed by atoms with Crippen LogP contribution in [0.5, 0.6) is 11.5 Å². The Balaban J connectivity index is 1.95. The Kier molecular flexibility index (Phi) is 6.37. The molecule has 21 heavy (non-hydrogen) atoms. The average molecular weight is 291 g/mol. The molecule has 2 rings (SSSR count). The molecule has 1 fully saturated rings. The molecule has 0 aliphatic heterocycles. The second kappa shape index (κ2) is 8.28. The molecule has 0 bridgehead atoms. The number of hydrogen-bond donors (Lipinski definition) is 1. The summed E-state index contributed by atoms with van der Waals surface area (Å²) in [5.41, 5.74) is 1.24. The van der Waals surface area contributed by atoms with Crippen LogP contribution < -0.4 is 14.8 Å². The summed E-state index contributed by atoms with van der Waals surface area (Å²) in [7, 11) is 1.72. The van der Waals surface area contributed by atoms with Gasteiger partial charge in [0.15, 0.2) is 11.5 Å². The van der Waals surface area contributed by atoms with E-state index in [1.807, 2.05) is 0 Å². The maximum atomic E-state index is 6.16. The molecule has 1 N–H and O–H groups in total. The fourth-order valence-corrected chi connectivity index (χ4v) is 2.86. The molecule has 0 heterocycles. The first kappa shape index (κ1) is 16.2. The smallest absolute Gasteiger partial charge is 0.161 e. The lowest BCUT2D eigenvalue weighted by Crippen LogP contribution is -2.23. The summed E-state index contributed by atoms with van der Waals surface area (Å²) in [6, 6.07) is 6.27. The van der Waals surface area contributed by atoms with Gasteiger partial charge in [0.05, 0.1) is 13.2 Å². The van der Waals surface area contributed by atoms with Gasteiger partial charge >= 0.3 is 0 Å². The standard InChI is InChI=1S/C18H29NO2/c1-4-11-19-13-15-7-10-17(18(12-15)20-3)21-16-8-5-14(2)6-9-16/h7,10,12,14,16,19H,4-6,8-9,11,13H2,1-3H3. The van der Waals surface area contributed by atoms with E-state index in [0.29, 0.717) is 6.10 Å². The lowest BCUT2D eigenvalue weighted by atomic mass is 9.89. The highest BCUT2D eigenvalue weighted by atomic mass is 16.5. The molecule has 0 saturated heterocycles. The van der Waals surface area contributed by atoms with Crippen molar-refractivity contribution in [3.05, 3.63) is 23.8 Å². The first-order valence-electron chi connectivity index (χ1n) is 8.27. The minimum absolute atomic E-state index is 0.346. The zero-order valence-corrected chi connectivity index (χ0v) is 13.7. The monoisotopic (exact) mass is 291 g/mol. The Hall–Kier alpha value is -1.22. The maximum Gasteiger partial charge on any atom is 0.161 e. The van der Waals surface area contributed by atoms with E-state index in [1.54, 1.807) is 7.11 Å². The van der Waals surface area contributed by atoms with Crippen LogP contribution in [0.15, 0.2) is 18.2 Å². The lowest BCUT2D eigenvalue weighted by Gasteiger charge is -2.27. The van der Waals surface area contributed by atoms with Crippen molar-refractivity contribution in [2.75, 3.05) is 13.7 Å². The number of hydrogen-bond acceptors (Lipinski definition) is 3. The van der Waals surface area contributed by atoms with Crippen LogP contribution in [0.1, 0.15) is 51.5 Å². The van der Waals surface area contributed by atoms with E-state index < -0.39 is 0 Å². The van der Waals surface area contributed by atoms with Crippen molar-refractivity contribution in [1.29, 1.82) is 0 Å².